The summed E-state index contributed by atoms with van der Waals surface area (Å²) in [6.07, 6.45) is -0.556. The van der Waals surface area contributed by atoms with Crippen LogP contribution in [0.25, 0.3) is 0 Å². The molecule has 5 heteroatoms. The summed E-state index contributed by atoms with van der Waals surface area (Å²) >= 11 is 0. The first-order valence-electron chi connectivity index (χ1n) is 3.60. The van der Waals surface area contributed by atoms with Gasteiger partial charge in [-0.15, -0.1) is 13.2 Å². The van der Waals surface area contributed by atoms with Gasteiger partial charge in [0.15, 0.2) is 0 Å². The van der Waals surface area contributed by atoms with Gasteiger partial charge in [0.25, 0.3) is 19.5 Å². The van der Waals surface area contributed by atoms with Crippen LogP contribution in [0.2, 0.25) is 0 Å². The van der Waals surface area contributed by atoms with Crippen molar-refractivity contribution in [3.05, 3.63) is 23.6 Å². The van der Waals surface area contributed by atoms with Gasteiger partial charge in [-0.2, -0.15) is 0 Å². The van der Waals surface area contributed by atoms with Gasteiger partial charge in [0.2, 0.25) is 0 Å². The lowest BCUT2D eigenvalue weighted by molar-refractivity contribution is 0.157. The third-order valence-corrected chi connectivity index (χ3v) is 2.62. The van der Waals surface area contributed by atoms with Crippen LogP contribution in [-0.4, -0.2) is 25.7 Å². The number of allylic oxidation sites excluding steroid dienone is 2. The lowest BCUT2D eigenvalue weighted by Crippen LogP contribution is -2.14. The van der Waals surface area contributed by atoms with Crippen LogP contribution in [0, 0.1) is 0 Å². The number of carbonyl (C=O) groups excluding carboxylic acids is 1. The van der Waals surface area contributed by atoms with E-state index < -0.39 is 25.7 Å². The van der Waals surface area contributed by atoms with Crippen molar-refractivity contribution < 1.29 is 13.6 Å². The zero-order valence-electron chi connectivity index (χ0n) is 7.55. The van der Waals surface area contributed by atoms with Crippen LogP contribution in [-0.2, 0) is 8.85 Å². The van der Waals surface area contributed by atoms with Crippen molar-refractivity contribution in [3.63, 3.8) is 0 Å². The third-order valence-electron chi connectivity index (χ3n) is 0.873. The van der Waals surface area contributed by atoms with Gasteiger partial charge in [-0.05, 0) is 13.8 Å². The Morgan fingerprint density at radius 3 is 1.67 bits per heavy atom. The summed E-state index contributed by atoms with van der Waals surface area (Å²) < 4.78 is 9.65. The Bertz CT molecular complexity index is 181. The van der Waals surface area contributed by atoms with Gasteiger partial charge in [-0.3, -0.25) is 0 Å². The molecule has 0 saturated carbocycles. The lowest BCUT2D eigenvalue weighted by atomic mass is 10.8. The Hall–Kier alpha value is -0.816. The molecule has 0 amide bonds. The molecule has 0 heterocycles. The monoisotopic (exact) mass is 202 g/mol. The Balaban J connectivity index is 3.47. The van der Waals surface area contributed by atoms with Gasteiger partial charge in [0.05, 0.1) is 0 Å². The zero-order valence-corrected chi connectivity index (χ0v) is 10.4. The average molecular weight is 202 g/mol. The predicted molar refractivity (Wildman–Crippen MR) is 54.3 cm³/mol. The highest BCUT2D eigenvalue weighted by molar-refractivity contribution is 6.42. The number of carbonyl (C=O) groups is 1. The minimum atomic E-state index is -0.923. The first-order chi connectivity index (χ1) is 5.52. The average Bonchev–Trinajstić information content (AvgIpc) is 1.96. The van der Waals surface area contributed by atoms with E-state index in [1.807, 2.05) is 13.8 Å². The molecule has 0 N–H and O–H groups in total. The molecule has 12 heavy (non-hydrogen) atoms. The van der Waals surface area contributed by atoms with Crippen molar-refractivity contribution in [1.29, 1.82) is 0 Å². The van der Waals surface area contributed by atoms with E-state index >= 15 is 0 Å². The van der Waals surface area contributed by atoms with E-state index in [0.29, 0.717) is 0 Å². The minimum absolute atomic E-state index is 0.556. The fraction of sp³-hybridized carbons (Fsp3) is 0.286. The summed E-state index contributed by atoms with van der Waals surface area (Å²) in [7, 11) is -1.85. The van der Waals surface area contributed by atoms with E-state index in [1.165, 1.54) is 0 Å². The van der Waals surface area contributed by atoms with Crippen molar-refractivity contribution >= 4 is 25.7 Å². The summed E-state index contributed by atoms with van der Waals surface area (Å²) in [6.45, 7) is 11.0. The first kappa shape index (κ1) is 11.2. The molecule has 0 saturated heterocycles. The fourth-order valence-electron chi connectivity index (χ4n) is 0.406. The van der Waals surface area contributed by atoms with Crippen LogP contribution in [0.1, 0.15) is 13.8 Å². The Kier molecular flexibility index (Phi) is 5.39. The second kappa shape index (κ2) is 5.79. The van der Waals surface area contributed by atoms with E-state index in [9.17, 15) is 4.79 Å². The summed E-state index contributed by atoms with van der Waals surface area (Å²) in [6, 6.07) is 0. The van der Waals surface area contributed by atoms with Gasteiger partial charge in [-0.25, -0.2) is 4.79 Å². The first-order valence-corrected chi connectivity index (χ1v) is 6.17. The van der Waals surface area contributed by atoms with Gasteiger partial charge in [0.1, 0.15) is 0 Å². The molecule has 0 bridgehead atoms. The highest BCUT2D eigenvalue weighted by Crippen LogP contribution is 1.91. The fourth-order valence-corrected chi connectivity index (χ4v) is 1.47. The van der Waals surface area contributed by atoms with E-state index in [-0.39, 0.29) is 0 Å². The van der Waals surface area contributed by atoms with Crippen molar-refractivity contribution in [2.75, 3.05) is 0 Å². The SMILES string of the molecule is C=C(C)[SiH2]OC(=O)O[SiH2]C(=C)C. The molecule has 0 atom stereocenters. The van der Waals surface area contributed by atoms with Gasteiger partial charge in [0, 0.05) is 0 Å². The minimum Gasteiger partial charge on any atom is -0.492 e. The van der Waals surface area contributed by atoms with E-state index in [4.69, 9.17) is 8.85 Å². The maximum atomic E-state index is 10.8. The maximum Gasteiger partial charge on any atom is 0.480 e. The molecule has 3 nitrogen and oxygen atoms in total. The van der Waals surface area contributed by atoms with Crippen LogP contribution in [0.15, 0.2) is 23.6 Å². The number of rotatable bonds is 4. The summed E-state index contributed by atoms with van der Waals surface area (Å²) in [5.41, 5.74) is 0. The van der Waals surface area contributed by atoms with Crippen LogP contribution in [0.5, 0.6) is 0 Å². The highest BCUT2D eigenvalue weighted by Gasteiger charge is 2.02. The van der Waals surface area contributed by atoms with Crippen LogP contribution in [0.4, 0.5) is 4.79 Å². The van der Waals surface area contributed by atoms with E-state index in [0.717, 1.165) is 10.4 Å². The predicted octanol–water partition coefficient (Wildman–Crippen LogP) is 0.374. The molecule has 0 aliphatic heterocycles. The number of hydrogen-bond donors (Lipinski definition) is 0. The standard InChI is InChI=1S/C7H14O3Si2/c1-5(2)11-9-7(8)10-12-6(3)4/h1,3,11-12H2,2,4H3. The summed E-state index contributed by atoms with van der Waals surface area (Å²) in [5.74, 6) is 0. The molecule has 0 aliphatic rings. The van der Waals surface area contributed by atoms with Gasteiger partial charge < -0.3 is 8.85 Å². The van der Waals surface area contributed by atoms with Crippen molar-refractivity contribution in [1.82, 2.24) is 0 Å². The Labute approximate surface area is 77.3 Å². The molecule has 0 radical (unpaired) electrons. The zero-order chi connectivity index (χ0) is 9.56. The third kappa shape index (κ3) is 7.29. The Morgan fingerprint density at radius 1 is 1.08 bits per heavy atom. The largest absolute Gasteiger partial charge is 0.492 e. The van der Waals surface area contributed by atoms with E-state index in [1.54, 1.807) is 0 Å². The lowest BCUT2D eigenvalue weighted by Gasteiger charge is -2.05. The van der Waals surface area contributed by atoms with Gasteiger partial charge >= 0.3 is 6.16 Å². The normalized spacial score (nSPS) is 10.8. The molecule has 68 valence electrons. The quantitative estimate of drug-likeness (QED) is 0.618. The van der Waals surface area contributed by atoms with Crippen LogP contribution in [0.3, 0.4) is 0 Å². The smallest absolute Gasteiger partial charge is 0.480 e. The molecule has 0 unspecified atom stereocenters. The molecule has 0 aromatic carbocycles. The number of hydrogen-bond acceptors (Lipinski definition) is 3. The van der Waals surface area contributed by atoms with Crippen molar-refractivity contribution in [2.45, 2.75) is 13.8 Å². The molecule has 0 aromatic heterocycles. The molecule has 0 fully saturated rings. The topological polar surface area (TPSA) is 35.5 Å². The molecular formula is C7H14O3Si2. The molecule has 0 aromatic rings. The second-order valence-electron chi connectivity index (χ2n) is 2.74. The van der Waals surface area contributed by atoms with Crippen molar-refractivity contribution in [3.8, 4) is 0 Å². The second-order valence-corrected chi connectivity index (χ2v) is 6.31. The molecule has 0 spiro atoms. The Morgan fingerprint density at radius 2 is 1.42 bits per heavy atom. The van der Waals surface area contributed by atoms with Crippen LogP contribution >= 0.6 is 0 Å². The highest BCUT2D eigenvalue weighted by atomic mass is 28.2. The molecule has 0 rings (SSSR count). The summed E-state index contributed by atoms with van der Waals surface area (Å²) in [4.78, 5) is 10.8. The molecular weight excluding hydrogens is 188 g/mol. The van der Waals surface area contributed by atoms with E-state index in [2.05, 4.69) is 13.2 Å². The van der Waals surface area contributed by atoms with Crippen LogP contribution < -0.4 is 0 Å². The molecule has 0 aliphatic carbocycles. The summed E-state index contributed by atoms with van der Waals surface area (Å²) in [5, 5.41) is 1.87. The van der Waals surface area contributed by atoms with Gasteiger partial charge in [-0.1, -0.05) is 10.4 Å². The van der Waals surface area contributed by atoms with Crippen molar-refractivity contribution in [2.24, 2.45) is 0 Å². The maximum absolute atomic E-state index is 10.8.